The second-order valence-corrected chi connectivity index (χ2v) is 18.5. The number of unbranched alkanes of at least 4 members (excludes halogenated alkanes) is 14. The van der Waals surface area contributed by atoms with Crippen LogP contribution < -0.4 is 0 Å². The molecule has 2 nitrogen and oxygen atoms in total. The number of hydrogen-bond acceptors (Lipinski definition) is 2. The molecule has 272 valence electrons. The number of ketones is 1. The van der Waals surface area contributed by atoms with E-state index in [1.807, 2.05) is 0 Å². The summed E-state index contributed by atoms with van der Waals surface area (Å²) >= 11 is 0. The maximum absolute atomic E-state index is 14.1. The van der Waals surface area contributed by atoms with Crippen LogP contribution >= 0.6 is 0 Å². The fourth-order valence-electron chi connectivity index (χ4n) is 12.1. The van der Waals surface area contributed by atoms with Crippen molar-refractivity contribution in [2.75, 3.05) is 0 Å². The van der Waals surface area contributed by atoms with E-state index in [-0.39, 0.29) is 17.4 Å². The Morgan fingerprint density at radius 1 is 0.787 bits per heavy atom. The van der Waals surface area contributed by atoms with Gasteiger partial charge in [-0.1, -0.05) is 162 Å². The summed E-state index contributed by atoms with van der Waals surface area (Å²) in [6.07, 6.45) is 35.6. The number of aliphatic hydroxyl groups excluding tert-OH is 1. The standard InChI is InChI=1S/C45H80O2/c1-7-8-9-10-11-12-13-14-15-16-17-18-19-20-21-25-43(47)42-33-37(46)32-36-26-27-38-40-29-28-39(35(4)24-22-23-34(2)3)44(40,5)31-30-41(38)45(36,42)6/h26,34-35,37-42,46H,7-25,27-33H2,1-6H3/t35-,37-,38+,39-,40+,41+,42?,44-,45+/m1/s1. The molecule has 0 heterocycles. The van der Waals surface area contributed by atoms with Crippen LogP contribution in [-0.4, -0.2) is 17.0 Å². The van der Waals surface area contributed by atoms with Crippen LogP contribution in [0.5, 0.6) is 0 Å². The number of Topliss-reactive ketones (excluding diaryl/α,β-unsaturated/α-hetero) is 1. The molecule has 0 aliphatic heterocycles. The smallest absolute Gasteiger partial charge is 0.136 e. The minimum atomic E-state index is -0.336. The number of rotatable bonds is 22. The molecule has 0 aromatic carbocycles. The lowest BCUT2D eigenvalue weighted by molar-refractivity contribution is -0.136. The maximum Gasteiger partial charge on any atom is 0.136 e. The summed E-state index contributed by atoms with van der Waals surface area (Å²) in [6.45, 7) is 14.8. The quantitative estimate of drug-likeness (QED) is 0.0933. The van der Waals surface area contributed by atoms with Gasteiger partial charge in [-0.3, -0.25) is 4.79 Å². The molecule has 0 amide bonds. The Hall–Kier alpha value is -0.630. The van der Waals surface area contributed by atoms with Crippen molar-refractivity contribution in [3.63, 3.8) is 0 Å². The highest BCUT2D eigenvalue weighted by molar-refractivity contribution is 5.82. The first-order valence-electron chi connectivity index (χ1n) is 21.5. The molecule has 0 radical (unpaired) electrons. The lowest BCUT2D eigenvalue weighted by Gasteiger charge is -2.60. The molecule has 0 aromatic heterocycles. The topological polar surface area (TPSA) is 37.3 Å². The number of aliphatic hydroxyl groups is 1. The van der Waals surface area contributed by atoms with Gasteiger partial charge in [0.15, 0.2) is 0 Å². The summed E-state index contributed by atoms with van der Waals surface area (Å²) in [5.74, 6) is 5.18. The lowest BCUT2D eigenvalue weighted by Crippen LogP contribution is -2.55. The number of carbonyl (C=O) groups excluding carboxylic acids is 1. The van der Waals surface area contributed by atoms with Crippen LogP contribution in [0.15, 0.2) is 11.6 Å². The van der Waals surface area contributed by atoms with Crippen LogP contribution in [0.25, 0.3) is 0 Å². The van der Waals surface area contributed by atoms with Crippen molar-refractivity contribution in [2.45, 2.75) is 215 Å². The molecule has 3 saturated carbocycles. The van der Waals surface area contributed by atoms with Crippen LogP contribution in [0.3, 0.4) is 0 Å². The molecular weight excluding hydrogens is 572 g/mol. The number of allylic oxidation sites excluding steroid dienone is 1. The van der Waals surface area contributed by atoms with Gasteiger partial charge in [-0.05, 0) is 92.3 Å². The molecule has 0 spiro atoms. The Morgan fingerprint density at radius 3 is 1.98 bits per heavy atom. The highest BCUT2D eigenvalue weighted by atomic mass is 16.3. The molecule has 2 heteroatoms. The van der Waals surface area contributed by atoms with Crippen molar-refractivity contribution in [3.8, 4) is 0 Å². The second-order valence-electron chi connectivity index (χ2n) is 18.5. The van der Waals surface area contributed by atoms with E-state index < -0.39 is 0 Å². The summed E-state index contributed by atoms with van der Waals surface area (Å²) in [7, 11) is 0. The highest BCUT2D eigenvalue weighted by Gasteiger charge is 2.61. The first kappa shape index (κ1) is 39.2. The van der Waals surface area contributed by atoms with Crippen LogP contribution in [0.4, 0.5) is 0 Å². The molecular formula is C45H80O2. The zero-order valence-corrected chi connectivity index (χ0v) is 32.4. The normalized spacial score (nSPS) is 34.1. The first-order valence-corrected chi connectivity index (χ1v) is 21.5. The predicted molar refractivity (Wildman–Crippen MR) is 202 cm³/mol. The zero-order valence-electron chi connectivity index (χ0n) is 32.4. The van der Waals surface area contributed by atoms with E-state index in [1.54, 1.807) is 0 Å². The molecule has 9 atom stereocenters. The van der Waals surface area contributed by atoms with Crippen LogP contribution in [0.1, 0.15) is 208 Å². The molecule has 1 unspecified atom stereocenters. The summed E-state index contributed by atoms with van der Waals surface area (Å²) < 4.78 is 0. The largest absolute Gasteiger partial charge is 0.393 e. The van der Waals surface area contributed by atoms with E-state index in [1.165, 1.54) is 147 Å². The van der Waals surface area contributed by atoms with E-state index in [9.17, 15) is 9.90 Å². The van der Waals surface area contributed by atoms with Crippen LogP contribution in [-0.2, 0) is 4.79 Å². The number of hydrogen-bond donors (Lipinski definition) is 1. The zero-order chi connectivity index (χ0) is 33.9. The summed E-state index contributed by atoms with van der Waals surface area (Å²) in [5, 5.41) is 11.0. The third-order valence-corrected chi connectivity index (χ3v) is 14.8. The Balaban J connectivity index is 1.22. The Morgan fingerprint density at radius 2 is 1.38 bits per heavy atom. The van der Waals surface area contributed by atoms with Crippen LogP contribution in [0, 0.1) is 52.3 Å². The van der Waals surface area contributed by atoms with Crippen molar-refractivity contribution in [2.24, 2.45) is 52.3 Å². The van der Waals surface area contributed by atoms with Crippen molar-refractivity contribution < 1.29 is 9.90 Å². The third kappa shape index (κ3) is 10.0. The molecule has 4 aliphatic carbocycles. The average Bonchev–Trinajstić information content (AvgIpc) is 3.40. The van der Waals surface area contributed by atoms with Gasteiger partial charge in [0, 0.05) is 17.8 Å². The molecule has 0 aromatic rings. The Bertz CT molecular complexity index is 950. The molecule has 0 bridgehead atoms. The van der Waals surface area contributed by atoms with Gasteiger partial charge in [0.25, 0.3) is 0 Å². The van der Waals surface area contributed by atoms with Gasteiger partial charge in [0.2, 0.25) is 0 Å². The van der Waals surface area contributed by atoms with Gasteiger partial charge in [0.1, 0.15) is 5.78 Å². The maximum atomic E-state index is 14.1. The van der Waals surface area contributed by atoms with Gasteiger partial charge in [-0.2, -0.15) is 0 Å². The van der Waals surface area contributed by atoms with Crippen molar-refractivity contribution in [1.82, 2.24) is 0 Å². The van der Waals surface area contributed by atoms with Gasteiger partial charge in [-0.15, -0.1) is 0 Å². The number of fused-ring (bicyclic) bond motifs is 5. The summed E-state index contributed by atoms with van der Waals surface area (Å²) in [4.78, 5) is 14.1. The molecule has 0 saturated heterocycles. The average molecular weight is 653 g/mol. The summed E-state index contributed by atoms with van der Waals surface area (Å²) in [5.41, 5.74) is 1.89. The van der Waals surface area contributed by atoms with Crippen molar-refractivity contribution in [3.05, 3.63) is 11.6 Å². The monoisotopic (exact) mass is 653 g/mol. The van der Waals surface area contributed by atoms with Crippen molar-refractivity contribution in [1.29, 1.82) is 0 Å². The van der Waals surface area contributed by atoms with Crippen molar-refractivity contribution >= 4 is 5.78 Å². The SMILES string of the molecule is CCCCCCCCCCCCCCCCCC(=O)C1C[C@H](O)CC2=CC[C@H]3[C@@H]4CC[C@H]([C@H](C)CCCC(C)C)[C@@]4(C)CC[C@@H]3[C@]21C. The summed E-state index contributed by atoms with van der Waals surface area (Å²) in [6, 6.07) is 0. The van der Waals surface area contributed by atoms with E-state index in [0.717, 1.165) is 48.9 Å². The Labute approximate surface area is 293 Å². The fraction of sp³-hybridized carbons (Fsp3) is 0.933. The lowest BCUT2D eigenvalue weighted by atomic mass is 9.44. The third-order valence-electron chi connectivity index (χ3n) is 14.8. The van der Waals surface area contributed by atoms with E-state index in [0.29, 0.717) is 23.5 Å². The fourth-order valence-corrected chi connectivity index (χ4v) is 12.1. The molecule has 4 rings (SSSR count). The second kappa shape index (κ2) is 19.1. The van der Waals surface area contributed by atoms with E-state index in [4.69, 9.17) is 0 Å². The number of carbonyl (C=O) groups is 1. The molecule has 1 N–H and O–H groups in total. The van der Waals surface area contributed by atoms with Gasteiger partial charge >= 0.3 is 0 Å². The van der Waals surface area contributed by atoms with E-state index in [2.05, 4.69) is 47.6 Å². The minimum Gasteiger partial charge on any atom is -0.393 e. The Kier molecular flexibility index (Phi) is 15.9. The first-order chi connectivity index (χ1) is 22.6. The van der Waals surface area contributed by atoms with Gasteiger partial charge in [0.05, 0.1) is 6.10 Å². The van der Waals surface area contributed by atoms with Gasteiger partial charge < -0.3 is 5.11 Å². The molecule has 47 heavy (non-hydrogen) atoms. The van der Waals surface area contributed by atoms with E-state index >= 15 is 0 Å². The van der Waals surface area contributed by atoms with Gasteiger partial charge in [-0.25, -0.2) is 0 Å². The molecule has 3 fully saturated rings. The predicted octanol–water partition coefficient (Wildman–Crippen LogP) is 13.4. The minimum absolute atomic E-state index is 0.0217. The highest BCUT2D eigenvalue weighted by Crippen LogP contribution is 2.68. The molecule has 4 aliphatic rings. The van der Waals surface area contributed by atoms with Crippen LogP contribution in [0.2, 0.25) is 0 Å².